The summed E-state index contributed by atoms with van der Waals surface area (Å²) >= 11 is 0. The number of nitrogens with zero attached hydrogens (tertiary/aromatic N) is 1. The number of carbonyl (C=O) groups is 1. The Morgan fingerprint density at radius 1 is 1.47 bits per heavy atom. The summed E-state index contributed by atoms with van der Waals surface area (Å²) in [6.45, 7) is -0.232. The van der Waals surface area contributed by atoms with E-state index >= 15 is 0 Å². The summed E-state index contributed by atoms with van der Waals surface area (Å²) in [5.41, 5.74) is -0.415. The fourth-order valence-electron chi connectivity index (χ4n) is 1.44. The van der Waals surface area contributed by atoms with E-state index in [2.05, 4.69) is 9.08 Å². The van der Waals surface area contributed by atoms with Gasteiger partial charge in [-0.2, -0.15) is 0 Å². The molecule has 1 heterocycles. The van der Waals surface area contributed by atoms with Gasteiger partial charge < -0.3 is 10.0 Å². The predicted molar refractivity (Wildman–Crippen MR) is 58.1 cm³/mol. The van der Waals surface area contributed by atoms with Gasteiger partial charge in [0.1, 0.15) is 15.7 Å². The van der Waals surface area contributed by atoms with Crippen LogP contribution in [0.15, 0.2) is 27.5 Å². The fraction of sp³-hybridized carbons (Fsp3) is 0.125. The van der Waals surface area contributed by atoms with Crippen LogP contribution in [-0.2, 0) is 14.7 Å². The van der Waals surface area contributed by atoms with Crippen molar-refractivity contribution < 1.29 is 23.4 Å². The molecular weight excluding hydrogens is 250 g/mol. The Morgan fingerprint density at radius 2 is 2.18 bits per heavy atom. The maximum absolute atomic E-state index is 13.8. The Balaban J connectivity index is 2.62. The van der Waals surface area contributed by atoms with E-state index in [0.29, 0.717) is 0 Å². The van der Waals surface area contributed by atoms with Gasteiger partial charge in [-0.15, -0.1) is 4.36 Å². The van der Waals surface area contributed by atoms with Gasteiger partial charge in [0.2, 0.25) is 0 Å². The van der Waals surface area contributed by atoms with E-state index in [9.17, 15) is 13.4 Å². The third-order valence-electron chi connectivity index (χ3n) is 2.22. The molecule has 1 aliphatic rings. The molecule has 1 aromatic carbocycles. The van der Waals surface area contributed by atoms with Gasteiger partial charge in [-0.1, -0.05) is 12.1 Å². The lowest BCUT2D eigenvalue weighted by Gasteiger charge is -2.08. The molecule has 6 nitrogen and oxygen atoms in total. The first kappa shape index (κ1) is 12.2. The fourth-order valence-corrected chi connectivity index (χ4v) is 3.05. The summed E-state index contributed by atoms with van der Waals surface area (Å²) in [4.78, 5) is 10.6. The van der Waals surface area contributed by atoms with E-state index in [0.717, 1.165) is 6.07 Å². The molecule has 0 aromatic heterocycles. The Hall–Kier alpha value is -1.29. The van der Waals surface area contributed by atoms with Crippen molar-refractivity contribution in [3.8, 4) is 0 Å². The first-order valence-electron chi connectivity index (χ1n) is 4.63. The summed E-state index contributed by atoms with van der Waals surface area (Å²) in [6.07, 6.45) is 0. The minimum Gasteiger partial charge on any atom is -0.423 e. The van der Waals surface area contributed by atoms with Crippen LogP contribution in [0.4, 0.5) is 4.39 Å². The normalized spacial score (nSPS) is 23.6. The van der Waals surface area contributed by atoms with Crippen molar-refractivity contribution in [2.24, 2.45) is 4.36 Å². The molecular formula is C8H8BFN2O4S. The summed E-state index contributed by atoms with van der Waals surface area (Å²) in [7, 11) is -5.36. The third-order valence-corrected chi connectivity index (χ3v) is 4.13. The Labute approximate surface area is 96.9 Å². The van der Waals surface area contributed by atoms with Crippen molar-refractivity contribution in [1.82, 2.24) is 4.72 Å². The van der Waals surface area contributed by atoms with Gasteiger partial charge in [-0.25, -0.2) is 13.3 Å². The van der Waals surface area contributed by atoms with Crippen LogP contribution in [0.1, 0.15) is 0 Å². The molecule has 1 aromatic rings. The van der Waals surface area contributed by atoms with E-state index in [1.807, 2.05) is 0 Å². The average molecular weight is 258 g/mol. The largest absolute Gasteiger partial charge is 0.491 e. The van der Waals surface area contributed by atoms with Crippen molar-refractivity contribution >= 4 is 28.4 Å². The van der Waals surface area contributed by atoms with Gasteiger partial charge in [-0.3, -0.25) is 4.79 Å². The monoisotopic (exact) mass is 258 g/mol. The van der Waals surface area contributed by atoms with Crippen molar-refractivity contribution in [2.45, 2.75) is 4.90 Å². The number of benzene rings is 1. The highest BCUT2D eigenvalue weighted by atomic mass is 32.2. The zero-order valence-electron chi connectivity index (χ0n) is 8.46. The number of rotatable bonds is 2. The smallest absolute Gasteiger partial charge is 0.423 e. The summed E-state index contributed by atoms with van der Waals surface area (Å²) < 4.78 is 31.6. The lowest BCUT2D eigenvalue weighted by molar-refractivity contribution is -0.116. The molecule has 1 aliphatic heterocycles. The number of hydrogen-bond donors (Lipinski definition) is 3. The van der Waals surface area contributed by atoms with E-state index in [1.165, 1.54) is 12.1 Å². The number of halogens is 1. The molecule has 1 unspecified atom stereocenters. The molecule has 3 N–H and O–H groups in total. The topological polar surface area (TPSA) is 99.0 Å². The van der Waals surface area contributed by atoms with Crippen molar-refractivity contribution in [3.05, 3.63) is 24.0 Å². The lowest BCUT2D eigenvalue weighted by Crippen LogP contribution is -2.34. The van der Waals surface area contributed by atoms with Crippen LogP contribution in [-0.4, -0.2) is 33.8 Å². The maximum atomic E-state index is 13.8. The van der Waals surface area contributed by atoms with Crippen LogP contribution in [0.25, 0.3) is 0 Å². The second-order valence-corrected chi connectivity index (χ2v) is 5.33. The zero-order valence-corrected chi connectivity index (χ0v) is 9.28. The predicted octanol–water partition coefficient (Wildman–Crippen LogP) is -1.62. The van der Waals surface area contributed by atoms with Crippen LogP contribution in [0, 0.1) is 5.82 Å². The Morgan fingerprint density at radius 3 is 2.71 bits per heavy atom. The first-order valence-corrected chi connectivity index (χ1v) is 6.15. The number of hydrogen-bond acceptors (Lipinski definition) is 4. The summed E-state index contributed by atoms with van der Waals surface area (Å²) in [5.74, 6) is -1.68. The van der Waals surface area contributed by atoms with Crippen LogP contribution < -0.4 is 10.2 Å². The number of amides is 1. The van der Waals surface area contributed by atoms with Crippen LogP contribution in [0.3, 0.4) is 0 Å². The molecule has 90 valence electrons. The Bertz CT molecular complexity index is 597. The van der Waals surface area contributed by atoms with E-state index < -0.39 is 34.2 Å². The maximum Gasteiger partial charge on any atom is 0.491 e. The quantitative estimate of drug-likeness (QED) is 0.555. The third kappa shape index (κ3) is 2.09. The average Bonchev–Trinajstić information content (AvgIpc) is 2.59. The second-order valence-electron chi connectivity index (χ2n) is 3.37. The minimum atomic E-state index is -3.34. The van der Waals surface area contributed by atoms with E-state index in [4.69, 9.17) is 10.0 Å². The molecule has 1 atom stereocenters. The molecule has 9 heteroatoms. The standard InChI is InChI=1S/C8H8BFN2O4S/c10-8-5(9(14)15)2-1-3-6(8)17(16)11-4-7(13)12-17/h1-3,14-15H,4H2,(H,11,12,13,16). The zero-order chi connectivity index (χ0) is 12.6. The first-order chi connectivity index (χ1) is 7.94. The van der Waals surface area contributed by atoms with Crippen molar-refractivity contribution in [3.63, 3.8) is 0 Å². The highest BCUT2D eigenvalue weighted by Crippen LogP contribution is 2.17. The van der Waals surface area contributed by atoms with Gasteiger partial charge >= 0.3 is 7.12 Å². The van der Waals surface area contributed by atoms with Gasteiger partial charge in [0.25, 0.3) is 5.91 Å². The molecule has 0 aliphatic carbocycles. The Kier molecular flexibility index (Phi) is 3.00. The number of carbonyl (C=O) groups excluding carboxylic acids is 1. The number of nitrogens with one attached hydrogen (secondary N) is 1. The molecule has 0 saturated heterocycles. The van der Waals surface area contributed by atoms with Gasteiger partial charge in [-0.05, 0) is 6.07 Å². The van der Waals surface area contributed by atoms with Gasteiger partial charge in [0.15, 0.2) is 0 Å². The van der Waals surface area contributed by atoms with E-state index in [1.54, 1.807) is 0 Å². The van der Waals surface area contributed by atoms with Crippen molar-refractivity contribution in [2.75, 3.05) is 6.54 Å². The van der Waals surface area contributed by atoms with Gasteiger partial charge in [0.05, 0.1) is 11.4 Å². The molecule has 0 spiro atoms. The summed E-state index contributed by atoms with van der Waals surface area (Å²) in [6, 6.07) is 3.63. The minimum absolute atomic E-state index is 0.232. The SMILES string of the molecule is O=C1CNS(=O)(c2cccc(B(O)O)c2F)=N1. The highest BCUT2D eigenvalue weighted by Gasteiger charge is 2.28. The van der Waals surface area contributed by atoms with Gasteiger partial charge in [0, 0.05) is 5.46 Å². The molecule has 0 bridgehead atoms. The van der Waals surface area contributed by atoms with E-state index in [-0.39, 0.29) is 11.4 Å². The second kappa shape index (κ2) is 4.19. The lowest BCUT2D eigenvalue weighted by atomic mass is 9.80. The van der Waals surface area contributed by atoms with Crippen LogP contribution in [0.2, 0.25) is 0 Å². The molecule has 17 heavy (non-hydrogen) atoms. The van der Waals surface area contributed by atoms with Crippen molar-refractivity contribution in [1.29, 1.82) is 0 Å². The summed E-state index contributed by atoms with van der Waals surface area (Å²) in [5, 5.41) is 17.8. The highest BCUT2D eigenvalue weighted by molar-refractivity contribution is 7.92. The molecule has 0 fully saturated rings. The molecule has 0 radical (unpaired) electrons. The molecule has 1 amide bonds. The van der Waals surface area contributed by atoms with Crippen LogP contribution in [0.5, 0.6) is 0 Å². The molecule has 2 rings (SSSR count). The van der Waals surface area contributed by atoms with Crippen LogP contribution >= 0.6 is 0 Å². The molecule has 0 saturated carbocycles.